The van der Waals surface area contributed by atoms with E-state index in [0.29, 0.717) is 11.3 Å². The van der Waals surface area contributed by atoms with Crippen molar-refractivity contribution in [2.45, 2.75) is 37.3 Å². The first-order valence-electron chi connectivity index (χ1n) is 7.93. The normalized spacial score (nSPS) is 16.7. The largest absolute Gasteiger partial charge is 0.490 e. The molecule has 1 unspecified atom stereocenters. The van der Waals surface area contributed by atoms with Crippen molar-refractivity contribution in [2.75, 3.05) is 5.75 Å². The molecule has 2 aromatic carbocycles. The highest BCUT2D eigenvalue weighted by atomic mass is 32.2. The summed E-state index contributed by atoms with van der Waals surface area (Å²) in [4.78, 5) is 14.0. The molecule has 1 N–H and O–H groups in total. The number of nitrogens with one attached hydrogen (secondary N) is 1. The molecular formula is C19H21NO2S. The number of rotatable bonds is 4. The fourth-order valence-corrected chi connectivity index (χ4v) is 3.86. The van der Waals surface area contributed by atoms with Crippen molar-refractivity contribution in [3.8, 4) is 5.75 Å². The Balaban J connectivity index is 1.81. The molecule has 0 fully saturated rings. The summed E-state index contributed by atoms with van der Waals surface area (Å²) in [5, 5.41) is 3.17. The first-order chi connectivity index (χ1) is 11.1. The first kappa shape index (κ1) is 15.9. The molecule has 3 nitrogen and oxygen atoms in total. The number of hydrogen-bond acceptors (Lipinski definition) is 3. The van der Waals surface area contributed by atoms with Gasteiger partial charge >= 0.3 is 0 Å². The number of benzene rings is 2. The van der Waals surface area contributed by atoms with Crippen LogP contribution in [0.25, 0.3) is 0 Å². The van der Waals surface area contributed by atoms with Crippen molar-refractivity contribution < 1.29 is 9.53 Å². The van der Waals surface area contributed by atoms with E-state index >= 15 is 0 Å². The summed E-state index contributed by atoms with van der Waals surface area (Å²) < 4.78 is 5.76. The lowest BCUT2D eigenvalue weighted by Gasteiger charge is -2.26. The lowest BCUT2D eigenvalue weighted by molar-refractivity contribution is 0.0929. The maximum absolute atomic E-state index is 12.7. The summed E-state index contributed by atoms with van der Waals surface area (Å²) in [6.07, 6.45) is 0.983. The van der Waals surface area contributed by atoms with Crippen LogP contribution in [-0.4, -0.2) is 17.8 Å². The van der Waals surface area contributed by atoms with Crippen LogP contribution in [0.5, 0.6) is 5.75 Å². The average Bonchev–Trinajstić information content (AvgIpc) is 2.55. The standard InChI is InChI=1S/C19H21NO2S/c1-13(2)22-17-9-5-3-8-15(17)19(21)20-16-11-12-23-18-10-6-4-7-14(16)18/h3-10,13,16H,11-12H2,1-2H3,(H,20,21). The topological polar surface area (TPSA) is 38.3 Å². The van der Waals surface area contributed by atoms with Gasteiger partial charge in [-0.2, -0.15) is 0 Å². The van der Waals surface area contributed by atoms with Crippen LogP contribution in [0.3, 0.4) is 0 Å². The predicted octanol–water partition coefficient (Wildman–Crippen LogP) is 4.44. The average molecular weight is 327 g/mol. The van der Waals surface area contributed by atoms with E-state index in [-0.39, 0.29) is 18.1 Å². The third kappa shape index (κ3) is 3.70. The van der Waals surface area contributed by atoms with Crippen LogP contribution in [0.4, 0.5) is 0 Å². The van der Waals surface area contributed by atoms with Crippen LogP contribution >= 0.6 is 11.8 Å². The number of hydrogen-bond donors (Lipinski definition) is 1. The molecule has 3 rings (SSSR count). The van der Waals surface area contributed by atoms with Crippen molar-refractivity contribution in [3.05, 3.63) is 59.7 Å². The number of fused-ring (bicyclic) bond motifs is 1. The van der Waals surface area contributed by atoms with Crippen LogP contribution in [0, 0.1) is 0 Å². The molecule has 1 aliphatic heterocycles. The minimum absolute atomic E-state index is 0.0377. The highest BCUT2D eigenvalue weighted by molar-refractivity contribution is 7.99. The van der Waals surface area contributed by atoms with E-state index in [1.807, 2.05) is 62.0 Å². The molecule has 0 aromatic heterocycles. The molecule has 0 saturated carbocycles. The van der Waals surface area contributed by atoms with Crippen LogP contribution in [0.2, 0.25) is 0 Å². The Morgan fingerprint density at radius 3 is 2.74 bits per heavy atom. The van der Waals surface area contributed by atoms with Crippen molar-refractivity contribution in [1.29, 1.82) is 0 Å². The molecule has 1 heterocycles. The molecule has 0 radical (unpaired) electrons. The zero-order valence-electron chi connectivity index (χ0n) is 13.4. The van der Waals surface area contributed by atoms with Gasteiger partial charge in [-0.25, -0.2) is 0 Å². The quantitative estimate of drug-likeness (QED) is 0.902. The van der Waals surface area contributed by atoms with E-state index in [1.165, 1.54) is 10.5 Å². The van der Waals surface area contributed by atoms with Crippen LogP contribution < -0.4 is 10.1 Å². The van der Waals surface area contributed by atoms with Gasteiger partial charge in [-0.15, -0.1) is 11.8 Å². The lowest BCUT2D eigenvalue weighted by Crippen LogP contribution is -2.31. The number of carbonyl (C=O) groups is 1. The van der Waals surface area contributed by atoms with Gasteiger partial charge < -0.3 is 10.1 Å². The predicted molar refractivity (Wildman–Crippen MR) is 94.2 cm³/mol. The van der Waals surface area contributed by atoms with Crippen molar-refractivity contribution >= 4 is 17.7 Å². The van der Waals surface area contributed by atoms with E-state index in [4.69, 9.17) is 4.74 Å². The summed E-state index contributed by atoms with van der Waals surface area (Å²) in [5.41, 5.74) is 1.80. The molecule has 0 saturated heterocycles. The van der Waals surface area contributed by atoms with Crippen LogP contribution in [0.1, 0.15) is 42.2 Å². The summed E-state index contributed by atoms with van der Waals surface area (Å²) in [6, 6.07) is 15.8. The van der Waals surface area contributed by atoms with Gasteiger partial charge in [-0.1, -0.05) is 30.3 Å². The molecule has 0 aliphatic carbocycles. The molecule has 120 valence electrons. The number of para-hydroxylation sites is 1. The van der Waals surface area contributed by atoms with Gasteiger partial charge in [-0.3, -0.25) is 4.79 Å². The second-order valence-electron chi connectivity index (χ2n) is 5.86. The highest BCUT2D eigenvalue weighted by Gasteiger charge is 2.23. The fourth-order valence-electron chi connectivity index (χ4n) is 2.74. The maximum atomic E-state index is 12.7. The monoisotopic (exact) mass is 327 g/mol. The Morgan fingerprint density at radius 2 is 1.91 bits per heavy atom. The third-order valence-electron chi connectivity index (χ3n) is 3.76. The Kier molecular flexibility index (Phi) is 4.91. The van der Waals surface area contributed by atoms with Gasteiger partial charge in [0.2, 0.25) is 0 Å². The van der Waals surface area contributed by atoms with Crippen LogP contribution in [0.15, 0.2) is 53.4 Å². The highest BCUT2D eigenvalue weighted by Crippen LogP contribution is 2.36. The van der Waals surface area contributed by atoms with E-state index in [2.05, 4.69) is 17.4 Å². The van der Waals surface area contributed by atoms with Gasteiger partial charge in [0.05, 0.1) is 17.7 Å². The SMILES string of the molecule is CC(C)Oc1ccccc1C(=O)NC1CCSc2ccccc21. The second kappa shape index (κ2) is 7.09. The maximum Gasteiger partial charge on any atom is 0.255 e. The molecule has 4 heteroatoms. The van der Waals surface area contributed by atoms with E-state index < -0.39 is 0 Å². The van der Waals surface area contributed by atoms with Gasteiger partial charge in [-0.05, 0) is 44.0 Å². The number of carbonyl (C=O) groups excluding carboxylic acids is 1. The van der Waals surface area contributed by atoms with E-state index in [9.17, 15) is 4.79 Å². The summed E-state index contributed by atoms with van der Waals surface area (Å²) >= 11 is 1.85. The van der Waals surface area contributed by atoms with Gasteiger partial charge in [0.15, 0.2) is 0 Å². The first-order valence-corrected chi connectivity index (χ1v) is 8.92. The third-order valence-corrected chi connectivity index (χ3v) is 4.88. The molecule has 0 spiro atoms. The second-order valence-corrected chi connectivity index (χ2v) is 7.00. The number of amides is 1. The zero-order chi connectivity index (χ0) is 16.2. The summed E-state index contributed by atoms with van der Waals surface area (Å²) in [7, 11) is 0. The van der Waals surface area contributed by atoms with Gasteiger partial charge in [0.25, 0.3) is 5.91 Å². The molecular weight excluding hydrogens is 306 g/mol. The van der Waals surface area contributed by atoms with Gasteiger partial charge in [0.1, 0.15) is 5.75 Å². The fraction of sp³-hybridized carbons (Fsp3) is 0.316. The lowest BCUT2D eigenvalue weighted by atomic mass is 10.0. The summed E-state index contributed by atoms with van der Waals surface area (Å²) in [6.45, 7) is 3.92. The zero-order valence-corrected chi connectivity index (χ0v) is 14.2. The molecule has 23 heavy (non-hydrogen) atoms. The molecule has 1 aliphatic rings. The molecule has 1 amide bonds. The minimum atomic E-state index is -0.0760. The van der Waals surface area contributed by atoms with Crippen LogP contribution in [-0.2, 0) is 0 Å². The minimum Gasteiger partial charge on any atom is -0.490 e. The van der Waals surface area contributed by atoms with Crippen molar-refractivity contribution in [3.63, 3.8) is 0 Å². The molecule has 0 bridgehead atoms. The summed E-state index contributed by atoms with van der Waals surface area (Å²) in [5.74, 6) is 1.58. The van der Waals surface area contributed by atoms with E-state index in [0.717, 1.165) is 12.2 Å². The van der Waals surface area contributed by atoms with Crippen molar-refractivity contribution in [2.24, 2.45) is 0 Å². The molecule has 1 atom stereocenters. The number of thioether (sulfide) groups is 1. The Labute approximate surface area is 141 Å². The Bertz CT molecular complexity index is 699. The molecule has 2 aromatic rings. The Hall–Kier alpha value is -1.94. The van der Waals surface area contributed by atoms with E-state index in [1.54, 1.807) is 0 Å². The smallest absolute Gasteiger partial charge is 0.255 e. The Morgan fingerprint density at radius 1 is 1.17 bits per heavy atom. The van der Waals surface area contributed by atoms with Crippen molar-refractivity contribution in [1.82, 2.24) is 5.32 Å². The van der Waals surface area contributed by atoms with Gasteiger partial charge in [0, 0.05) is 10.6 Å². The number of ether oxygens (including phenoxy) is 1.